The highest BCUT2D eigenvalue weighted by Gasteiger charge is 2.51. The maximum absolute atomic E-state index is 6.65. The van der Waals surface area contributed by atoms with Crippen molar-refractivity contribution in [1.29, 1.82) is 0 Å². The van der Waals surface area contributed by atoms with Gasteiger partial charge >= 0.3 is 0 Å². The van der Waals surface area contributed by atoms with Crippen LogP contribution < -0.4 is 0 Å². The molecule has 0 radical (unpaired) electrons. The normalized spacial score (nSPS) is 21.8. The maximum Gasteiger partial charge on any atom is 0.164 e. The summed E-state index contributed by atoms with van der Waals surface area (Å²) in [5, 5.41) is 2.15. The number of hydrogen-bond donors (Lipinski definition) is 0. The molecule has 0 saturated heterocycles. The minimum absolute atomic E-state index is 0.358. The van der Waals surface area contributed by atoms with Gasteiger partial charge < -0.3 is 4.42 Å². The fourth-order valence-corrected chi connectivity index (χ4v) is 10.5. The molecule has 256 valence electrons. The summed E-state index contributed by atoms with van der Waals surface area (Å²) in [5.41, 5.74) is 11.0. The third-order valence-corrected chi connectivity index (χ3v) is 12.5. The molecule has 4 fully saturated rings. The molecule has 4 nitrogen and oxygen atoms in total. The average molecular weight is 686 g/mol. The lowest BCUT2D eigenvalue weighted by Crippen LogP contribution is -2.48. The number of rotatable bonds is 6. The van der Waals surface area contributed by atoms with E-state index in [0.717, 1.165) is 78.6 Å². The Hall–Kier alpha value is -5.87. The molecule has 4 aliphatic rings. The van der Waals surface area contributed by atoms with Crippen LogP contribution >= 0.6 is 0 Å². The molecule has 2 aromatic heterocycles. The average Bonchev–Trinajstić information content (AvgIpc) is 3.59. The first kappa shape index (κ1) is 30.7. The van der Waals surface area contributed by atoms with Gasteiger partial charge in [0.25, 0.3) is 0 Å². The second-order valence-corrected chi connectivity index (χ2v) is 15.9. The first-order valence-electron chi connectivity index (χ1n) is 19.2. The Morgan fingerprint density at radius 2 is 1.00 bits per heavy atom. The molecule has 4 heteroatoms. The summed E-state index contributed by atoms with van der Waals surface area (Å²) >= 11 is 0. The van der Waals surface area contributed by atoms with Gasteiger partial charge in [-0.05, 0) is 108 Å². The Kier molecular flexibility index (Phi) is 7.01. The van der Waals surface area contributed by atoms with Crippen LogP contribution in [0.1, 0.15) is 44.1 Å². The molecule has 0 aliphatic heterocycles. The smallest absolute Gasteiger partial charge is 0.164 e. The highest BCUT2D eigenvalue weighted by molar-refractivity contribution is 6.11. The molecular formula is C49H39N3O. The van der Waals surface area contributed by atoms with Crippen molar-refractivity contribution in [3.05, 3.63) is 151 Å². The van der Waals surface area contributed by atoms with Crippen LogP contribution in [0.2, 0.25) is 0 Å². The van der Waals surface area contributed by atoms with E-state index >= 15 is 0 Å². The van der Waals surface area contributed by atoms with Crippen LogP contribution in [-0.2, 0) is 5.41 Å². The van der Waals surface area contributed by atoms with Crippen molar-refractivity contribution in [2.75, 3.05) is 0 Å². The van der Waals surface area contributed by atoms with Gasteiger partial charge in [-0.3, -0.25) is 0 Å². The topological polar surface area (TPSA) is 51.8 Å². The molecular weight excluding hydrogens is 647 g/mol. The van der Waals surface area contributed by atoms with E-state index in [4.69, 9.17) is 19.4 Å². The number of nitrogens with zero attached hydrogens (tertiary/aromatic N) is 3. The summed E-state index contributed by atoms with van der Waals surface area (Å²) in [6.07, 6.45) is 8.45. The van der Waals surface area contributed by atoms with E-state index in [9.17, 15) is 0 Å². The zero-order valence-corrected chi connectivity index (χ0v) is 29.6. The SMILES string of the molecule is c1ccc(-c2cccc(-c3nc(-c4ccccc4)nc(-c4cc(-c5ccc(C67CC8CC(CC(C8)C6)C7)cc5)c5oc6ccccc6c5c4)n3)c2)cc1. The van der Waals surface area contributed by atoms with Crippen molar-refractivity contribution < 1.29 is 4.42 Å². The molecule has 0 amide bonds. The van der Waals surface area contributed by atoms with Crippen molar-refractivity contribution >= 4 is 21.9 Å². The van der Waals surface area contributed by atoms with Gasteiger partial charge in [-0.2, -0.15) is 0 Å². The lowest BCUT2D eigenvalue weighted by Gasteiger charge is -2.57. The molecule has 4 saturated carbocycles. The van der Waals surface area contributed by atoms with Gasteiger partial charge in [0, 0.05) is 33.0 Å². The number of benzene rings is 6. The Balaban J connectivity index is 1.07. The van der Waals surface area contributed by atoms with E-state index in [-0.39, 0.29) is 0 Å². The predicted octanol–water partition coefficient (Wildman–Crippen LogP) is 12.6. The summed E-state index contributed by atoms with van der Waals surface area (Å²) in [4.78, 5) is 15.4. The molecule has 0 spiro atoms. The van der Waals surface area contributed by atoms with E-state index < -0.39 is 0 Å². The molecule has 12 rings (SSSR count). The second kappa shape index (κ2) is 12.1. The largest absolute Gasteiger partial charge is 0.455 e. The van der Waals surface area contributed by atoms with E-state index in [1.54, 1.807) is 0 Å². The van der Waals surface area contributed by atoms with Crippen LogP contribution in [-0.4, -0.2) is 15.0 Å². The zero-order valence-electron chi connectivity index (χ0n) is 29.6. The molecule has 53 heavy (non-hydrogen) atoms. The monoisotopic (exact) mass is 685 g/mol. The summed E-state index contributed by atoms with van der Waals surface area (Å²) in [6, 6.07) is 51.4. The van der Waals surface area contributed by atoms with Crippen LogP contribution in [0.5, 0.6) is 0 Å². The van der Waals surface area contributed by atoms with Crippen LogP contribution in [0.3, 0.4) is 0 Å². The van der Waals surface area contributed by atoms with Crippen molar-refractivity contribution in [2.45, 2.75) is 43.9 Å². The Morgan fingerprint density at radius 1 is 0.434 bits per heavy atom. The lowest BCUT2D eigenvalue weighted by atomic mass is 9.48. The van der Waals surface area contributed by atoms with Gasteiger partial charge in [0.05, 0.1) is 0 Å². The third-order valence-electron chi connectivity index (χ3n) is 12.5. The Bertz CT molecular complexity index is 2610. The first-order valence-corrected chi connectivity index (χ1v) is 19.2. The first-order chi connectivity index (χ1) is 26.1. The Morgan fingerprint density at radius 3 is 1.70 bits per heavy atom. The van der Waals surface area contributed by atoms with Crippen LogP contribution in [0.15, 0.2) is 150 Å². The quantitative estimate of drug-likeness (QED) is 0.175. The van der Waals surface area contributed by atoms with Gasteiger partial charge in [0.15, 0.2) is 17.5 Å². The molecule has 0 unspecified atom stereocenters. The lowest BCUT2D eigenvalue weighted by molar-refractivity contribution is -0.00518. The number of hydrogen-bond acceptors (Lipinski definition) is 4. The maximum atomic E-state index is 6.65. The summed E-state index contributed by atoms with van der Waals surface area (Å²) in [6.45, 7) is 0. The van der Waals surface area contributed by atoms with Gasteiger partial charge in [0.1, 0.15) is 11.2 Å². The van der Waals surface area contributed by atoms with Crippen molar-refractivity contribution in [1.82, 2.24) is 15.0 Å². The van der Waals surface area contributed by atoms with Crippen LogP contribution in [0.25, 0.3) is 78.4 Å². The van der Waals surface area contributed by atoms with Gasteiger partial charge in [-0.25, -0.2) is 15.0 Å². The summed E-state index contributed by atoms with van der Waals surface area (Å²) < 4.78 is 6.65. The van der Waals surface area contributed by atoms with Gasteiger partial charge in [0.2, 0.25) is 0 Å². The standard InChI is InChI=1S/C49H39N3O/c1-3-10-34(11-4-1)37-14-9-15-38(25-37)47-50-46(36-12-5-2-6-13-36)51-48(52-47)39-26-42(45-43(27-39)41-16-7-8-17-44(41)53-45)35-18-20-40(21-19-35)49-28-31-22-32(29-49)24-33(23-31)30-49/h1-21,25-27,31-33H,22-24,28-30H2. The van der Waals surface area contributed by atoms with Gasteiger partial charge in [-0.1, -0.05) is 121 Å². The molecule has 8 aromatic rings. The Labute approximate surface area is 309 Å². The predicted molar refractivity (Wildman–Crippen MR) is 214 cm³/mol. The number of furan rings is 1. The minimum Gasteiger partial charge on any atom is -0.455 e. The van der Waals surface area contributed by atoms with E-state index in [1.807, 2.05) is 30.3 Å². The zero-order chi connectivity index (χ0) is 34.9. The van der Waals surface area contributed by atoms with E-state index in [1.165, 1.54) is 44.1 Å². The fourth-order valence-electron chi connectivity index (χ4n) is 10.5. The van der Waals surface area contributed by atoms with Crippen molar-refractivity contribution in [3.8, 4) is 56.4 Å². The molecule has 0 N–H and O–H groups in total. The number of para-hydroxylation sites is 1. The molecule has 4 aliphatic carbocycles. The molecule has 2 heterocycles. The highest BCUT2D eigenvalue weighted by atomic mass is 16.3. The van der Waals surface area contributed by atoms with Crippen LogP contribution in [0.4, 0.5) is 0 Å². The van der Waals surface area contributed by atoms with E-state index in [2.05, 4.69) is 115 Å². The molecule has 4 bridgehead atoms. The summed E-state index contributed by atoms with van der Waals surface area (Å²) in [7, 11) is 0. The second-order valence-electron chi connectivity index (χ2n) is 15.9. The number of aromatic nitrogens is 3. The fraction of sp³-hybridized carbons (Fsp3) is 0.204. The highest BCUT2D eigenvalue weighted by Crippen LogP contribution is 2.60. The minimum atomic E-state index is 0.358. The molecule has 0 atom stereocenters. The number of fused-ring (bicyclic) bond motifs is 3. The summed E-state index contributed by atoms with van der Waals surface area (Å²) in [5.74, 6) is 4.68. The molecule has 6 aromatic carbocycles. The van der Waals surface area contributed by atoms with E-state index in [0.29, 0.717) is 22.9 Å². The van der Waals surface area contributed by atoms with Crippen molar-refractivity contribution in [2.24, 2.45) is 17.8 Å². The third kappa shape index (κ3) is 5.31. The van der Waals surface area contributed by atoms with Gasteiger partial charge in [-0.15, -0.1) is 0 Å². The van der Waals surface area contributed by atoms with Crippen molar-refractivity contribution in [3.63, 3.8) is 0 Å². The van der Waals surface area contributed by atoms with Crippen LogP contribution in [0, 0.1) is 17.8 Å².